The largest absolute Gasteiger partial charge is 0.390 e. The first-order valence-electron chi connectivity index (χ1n) is 11.2. The lowest BCUT2D eigenvalue weighted by Gasteiger charge is -2.24. The highest BCUT2D eigenvalue weighted by molar-refractivity contribution is 5.95. The molecule has 0 bridgehead atoms. The second-order valence-corrected chi connectivity index (χ2v) is 9.25. The minimum absolute atomic E-state index is 0.101. The van der Waals surface area contributed by atoms with Crippen molar-refractivity contribution in [2.75, 3.05) is 0 Å². The standard InChI is InChI=1S/C25H29N5O2/c1-25(2,32)10-8-18-13-22(30-11-9-19-12-17(14-26)15-28-23(19)30)27-16-21(18)24(31)29-20-6-4-3-5-7-20/h9,11-13,15-16,20,32H,3-8,10H2,1-2H3,(H,29,31). The van der Waals surface area contributed by atoms with Crippen molar-refractivity contribution >= 4 is 16.9 Å². The van der Waals surface area contributed by atoms with E-state index in [1.807, 2.05) is 22.9 Å². The molecule has 0 unspecified atom stereocenters. The summed E-state index contributed by atoms with van der Waals surface area (Å²) >= 11 is 0. The van der Waals surface area contributed by atoms with E-state index in [4.69, 9.17) is 5.26 Å². The molecule has 0 saturated heterocycles. The van der Waals surface area contributed by atoms with Gasteiger partial charge in [0.15, 0.2) is 0 Å². The number of carbonyl (C=O) groups excluding carboxylic acids is 1. The van der Waals surface area contributed by atoms with Crippen molar-refractivity contribution in [3.63, 3.8) is 0 Å². The highest BCUT2D eigenvalue weighted by Crippen LogP contribution is 2.23. The number of aliphatic hydroxyl groups is 1. The summed E-state index contributed by atoms with van der Waals surface area (Å²) in [5.41, 5.74) is 1.77. The number of hydrogen-bond acceptors (Lipinski definition) is 5. The van der Waals surface area contributed by atoms with Crippen LogP contribution < -0.4 is 5.32 Å². The van der Waals surface area contributed by atoms with Gasteiger partial charge in [0.25, 0.3) is 5.91 Å². The molecule has 166 valence electrons. The number of rotatable bonds is 6. The molecule has 2 N–H and O–H groups in total. The molecule has 1 fully saturated rings. The molecule has 32 heavy (non-hydrogen) atoms. The van der Waals surface area contributed by atoms with Crippen molar-refractivity contribution in [2.24, 2.45) is 0 Å². The molecule has 3 aromatic rings. The molecule has 0 aromatic carbocycles. The van der Waals surface area contributed by atoms with Gasteiger partial charge in [-0.25, -0.2) is 9.97 Å². The third kappa shape index (κ3) is 4.97. The van der Waals surface area contributed by atoms with Crippen LogP contribution in [0.1, 0.15) is 73.9 Å². The van der Waals surface area contributed by atoms with Crippen molar-refractivity contribution in [3.05, 3.63) is 53.5 Å². The molecule has 0 spiro atoms. The summed E-state index contributed by atoms with van der Waals surface area (Å²) < 4.78 is 1.85. The van der Waals surface area contributed by atoms with Crippen LogP contribution in [0.4, 0.5) is 0 Å². The summed E-state index contributed by atoms with van der Waals surface area (Å²) in [7, 11) is 0. The van der Waals surface area contributed by atoms with Crippen LogP contribution in [0.15, 0.2) is 36.8 Å². The zero-order valence-electron chi connectivity index (χ0n) is 18.6. The Labute approximate surface area is 188 Å². The fourth-order valence-corrected chi connectivity index (χ4v) is 4.25. The van der Waals surface area contributed by atoms with Crippen LogP contribution in [0.5, 0.6) is 0 Å². The Morgan fingerprint density at radius 3 is 2.75 bits per heavy atom. The molecule has 0 aliphatic heterocycles. The van der Waals surface area contributed by atoms with Crippen LogP contribution in [-0.4, -0.2) is 37.2 Å². The zero-order chi connectivity index (χ0) is 22.7. The summed E-state index contributed by atoms with van der Waals surface area (Å²) in [5.74, 6) is 0.549. The first kappa shape index (κ1) is 22.0. The molecule has 0 radical (unpaired) electrons. The van der Waals surface area contributed by atoms with Gasteiger partial charge in [0.2, 0.25) is 0 Å². The average molecular weight is 432 g/mol. The number of amides is 1. The second-order valence-electron chi connectivity index (χ2n) is 9.25. The molecular weight excluding hydrogens is 402 g/mol. The monoisotopic (exact) mass is 431 g/mol. The first-order valence-corrected chi connectivity index (χ1v) is 11.2. The number of pyridine rings is 2. The van der Waals surface area contributed by atoms with Gasteiger partial charge in [-0.15, -0.1) is 0 Å². The molecule has 4 rings (SSSR count). The smallest absolute Gasteiger partial charge is 0.253 e. The maximum absolute atomic E-state index is 13.1. The Balaban J connectivity index is 1.67. The minimum atomic E-state index is -0.837. The van der Waals surface area contributed by atoms with Gasteiger partial charge in [0.1, 0.15) is 17.5 Å². The lowest BCUT2D eigenvalue weighted by molar-refractivity contribution is 0.0710. The molecule has 1 saturated carbocycles. The molecule has 1 aliphatic carbocycles. The molecule has 3 heterocycles. The molecule has 7 nitrogen and oxygen atoms in total. The predicted octanol–water partition coefficient (Wildman–Crippen LogP) is 4.06. The van der Waals surface area contributed by atoms with E-state index in [9.17, 15) is 9.90 Å². The van der Waals surface area contributed by atoms with Gasteiger partial charge in [0, 0.05) is 30.0 Å². The third-order valence-corrected chi connectivity index (χ3v) is 6.07. The van der Waals surface area contributed by atoms with E-state index in [2.05, 4.69) is 21.4 Å². The van der Waals surface area contributed by atoms with Gasteiger partial charge in [-0.2, -0.15) is 5.26 Å². The van der Waals surface area contributed by atoms with Crippen LogP contribution in [0.2, 0.25) is 0 Å². The summed E-state index contributed by atoms with van der Waals surface area (Å²) in [6.45, 7) is 3.54. The van der Waals surface area contributed by atoms with Crippen molar-refractivity contribution in [3.8, 4) is 11.9 Å². The summed E-state index contributed by atoms with van der Waals surface area (Å²) in [4.78, 5) is 22.1. The first-order chi connectivity index (χ1) is 15.3. The van der Waals surface area contributed by atoms with Crippen LogP contribution in [0.3, 0.4) is 0 Å². The number of fused-ring (bicyclic) bond motifs is 1. The Hall–Kier alpha value is -3.24. The van der Waals surface area contributed by atoms with Gasteiger partial charge >= 0.3 is 0 Å². The van der Waals surface area contributed by atoms with Crippen LogP contribution >= 0.6 is 0 Å². The Kier molecular flexibility index (Phi) is 6.24. The quantitative estimate of drug-likeness (QED) is 0.613. The molecule has 1 amide bonds. The minimum Gasteiger partial charge on any atom is -0.390 e. The van der Waals surface area contributed by atoms with Gasteiger partial charge in [0.05, 0.1) is 16.7 Å². The zero-order valence-corrected chi connectivity index (χ0v) is 18.6. The molecule has 7 heteroatoms. The van der Waals surface area contributed by atoms with E-state index in [1.165, 1.54) is 6.42 Å². The van der Waals surface area contributed by atoms with Crippen molar-refractivity contribution in [1.82, 2.24) is 19.9 Å². The molecular formula is C25H29N5O2. The average Bonchev–Trinajstić information content (AvgIpc) is 3.21. The van der Waals surface area contributed by atoms with Crippen LogP contribution in [0, 0.1) is 11.3 Å². The lowest BCUT2D eigenvalue weighted by atomic mass is 9.94. The van der Waals surface area contributed by atoms with E-state index in [0.29, 0.717) is 35.4 Å². The van der Waals surface area contributed by atoms with Gasteiger partial charge in [-0.05, 0) is 63.3 Å². The van der Waals surface area contributed by atoms with Crippen molar-refractivity contribution in [2.45, 2.75) is 70.4 Å². The normalized spacial score (nSPS) is 14.9. The maximum atomic E-state index is 13.1. The van der Waals surface area contributed by atoms with Gasteiger partial charge in [-0.1, -0.05) is 19.3 Å². The number of aryl methyl sites for hydroxylation is 1. The van der Waals surface area contributed by atoms with E-state index in [1.54, 1.807) is 32.3 Å². The van der Waals surface area contributed by atoms with E-state index in [0.717, 1.165) is 36.6 Å². The van der Waals surface area contributed by atoms with E-state index in [-0.39, 0.29) is 11.9 Å². The number of aromatic nitrogens is 3. The Morgan fingerprint density at radius 2 is 2.03 bits per heavy atom. The van der Waals surface area contributed by atoms with Gasteiger partial charge in [-0.3, -0.25) is 9.36 Å². The summed E-state index contributed by atoms with van der Waals surface area (Å²) in [6.07, 6.45) is 11.7. The van der Waals surface area contributed by atoms with Crippen molar-refractivity contribution in [1.29, 1.82) is 5.26 Å². The SMILES string of the molecule is CC(C)(O)CCc1cc(-n2ccc3cc(C#N)cnc32)ncc1C(=O)NC1CCCCC1. The Morgan fingerprint density at radius 1 is 1.25 bits per heavy atom. The number of carbonyl (C=O) groups is 1. The molecule has 0 atom stereocenters. The summed E-state index contributed by atoms with van der Waals surface area (Å²) in [6, 6.07) is 7.91. The fraction of sp³-hybridized carbons (Fsp3) is 0.440. The van der Waals surface area contributed by atoms with Crippen molar-refractivity contribution < 1.29 is 9.90 Å². The van der Waals surface area contributed by atoms with Crippen LogP contribution in [0.25, 0.3) is 16.9 Å². The topological polar surface area (TPSA) is 104 Å². The summed E-state index contributed by atoms with van der Waals surface area (Å²) in [5, 5.41) is 23.4. The third-order valence-electron chi connectivity index (χ3n) is 6.07. The highest BCUT2D eigenvalue weighted by Gasteiger charge is 2.21. The number of nitrogens with zero attached hydrogens (tertiary/aromatic N) is 4. The van der Waals surface area contributed by atoms with E-state index >= 15 is 0 Å². The van der Waals surface area contributed by atoms with Gasteiger partial charge < -0.3 is 10.4 Å². The molecule has 3 aromatic heterocycles. The number of nitriles is 1. The second kappa shape index (κ2) is 9.09. The number of nitrogens with one attached hydrogen (secondary N) is 1. The number of hydrogen-bond donors (Lipinski definition) is 2. The highest BCUT2D eigenvalue weighted by atomic mass is 16.3. The maximum Gasteiger partial charge on any atom is 0.253 e. The van der Waals surface area contributed by atoms with Crippen LogP contribution in [-0.2, 0) is 6.42 Å². The fourth-order valence-electron chi connectivity index (χ4n) is 4.25. The Bertz CT molecular complexity index is 1160. The van der Waals surface area contributed by atoms with E-state index < -0.39 is 5.60 Å². The lowest BCUT2D eigenvalue weighted by Crippen LogP contribution is -2.36. The molecule has 1 aliphatic rings. The predicted molar refractivity (Wildman–Crippen MR) is 123 cm³/mol.